The van der Waals surface area contributed by atoms with E-state index in [-0.39, 0.29) is 6.10 Å². The summed E-state index contributed by atoms with van der Waals surface area (Å²) in [6.45, 7) is 9.90. The first-order valence-corrected chi connectivity index (χ1v) is 8.06. The van der Waals surface area contributed by atoms with E-state index < -0.39 is 0 Å². The Hall–Kier alpha value is -0.570. The van der Waals surface area contributed by atoms with Crippen LogP contribution in [0.2, 0.25) is 5.02 Å². The molecule has 1 aromatic carbocycles. The van der Waals surface area contributed by atoms with E-state index in [0.29, 0.717) is 24.0 Å². The Labute approximate surface area is 127 Å². The molecule has 1 aliphatic heterocycles. The Kier molecular flexibility index (Phi) is 5.48. The molecule has 1 N–H and O–H groups in total. The third-order valence-electron chi connectivity index (χ3n) is 4.55. The van der Waals surface area contributed by atoms with Gasteiger partial charge in [-0.3, -0.25) is 0 Å². The highest BCUT2D eigenvalue weighted by Gasteiger charge is 2.41. The van der Waals surface area contributed by atoms with Gasteiger partial charge in [-0.2, -0.15) is 0 Å². The zero-order valence-corrected chi connectivity index (χ0v) is 13.7. The van der Waals surface area contributed by atoms with Gasteiger partial charge in [-0.05, 0) is 50.4 Å². The van der Waals surface area contributed by atoms with Gasteiger partial charge < -0.3 is 10.1 Å². The minimum absolute atomic E-state index is 0.282. The summed E-state index contributed by atoms with van der Waals surface area (Å²) in [4.78, 5) is 0. The molecule has 112 valence electrons. The standard InChI is InChI=1S/C17H26ClNO/c1-5-10-19-17(14-6-8-15(18)9-7-14)16-11(2)12(3)20-13(16)4/h6-9,11-13,16-17,19H,5,10H2,1-4H3. The van der Waals surface area contributed by atoms with E-state index in [9.17, 15) is 0 Å². The summed E-state index contributed by atoms with van der Waals surface area (Å²) < 4.78 is 6.03. The lowest BCUT2D eigenvalue weighted by Crippen LogP contribution is -2.35. The van der Waals surface area contributed by atoms with Crippen molar-refractivity contribution in [1.29, 1.82) is 0 Å². The number of benzene rings is 1. The summed E-state index contributed by atoms with van der Waals surface area (Å²) in [5.74, 6) is 1.05. The van der Waals surface area contributed by atoms with Gasteiger partial charge in [-0.15, -0.1) is 0 Å². The average molecular weight is 296 g/mol. The van der Waals surface area contributed by atoms with Crippen LogP contribution in [0.1, 0.15) is 45.7 Å². The molecule has 20 heavy (non-hydrogen) atoms. The summed E-state index contributed by atoms with van der Waals surface area (Å²) in [6, 6.07) is 8.57. The first-order valence-electron chi connectivity index (χ1n) is 7.69. The maximum Gasteiger partial charge on any atom is 0.0600 e. The Morgan fingerprint density at radius 3 is 2.30 bits per heavy atom. The molecule has 5 atom stereocenters. The molecule has 0 aromatic heterocycles. The third kappa shape index (κ3) is 3.36. The van der Waals surface area contributed by atoms with E-state index in [1.54, 1.807) is 0 Å². The molecule has 1 saturated heterocycles. The van der Waals surface area contributed by atoms with Crippen molar-refractivity contribution in [2.75, 3.05) is 6.54 Å². The second kappa shape index (κ2) is 6.93. The molecule has 0 spiro atoms. The average Bonchev–Trinajstić information content (AvgIpc) is 2.67. The molecular weight excluding hydrogens is 270 g/mol. The van der Waals surface area contributed by atoms with Crippen LogP contribution in [0.25, 0.3) is 0 Å². The molecule has 0 bridgehead atoms. The van der Waals surface area contributed by atoms with Gasteiger partial charge in [0.05, 0.1) is 12.2 Å². The van der Waals surface area contributed by atoms with Crippen molar-refractivity contribution < 1.29 is 4.74 Å². The number of hydrogen-bond acceptors (Lipinski definition) is 2. The predicted molar refractivity (Wildman–Crippen MR) is 85.1 cm³/mol. The van der Waals surface area contributed by atoms with Crippen LogP contribution in [0.4, 0.5) is 0 Å². The molecule has 1 heterocycles. The van der Waals surface area contributed by atoms with E-state index in [2.05, 4.69) is 45.1 Å². The van der Waals surface area contributed by atoms with Crippen molar-refractivity contribution in [3.05, 3.63) is 34.9 Å². The molecule has 0 amide bonds. The van der Waals surface area contributed by atoms with Crippen molar-refractivity contribution >= 4 is 11.6 Å². The van der Waals surface area contributed by atoms with Crippen LogP contribution in [0, 0.1) is 11.8 Å². The fourth-order valence-corrected chi connectivity index (χ4v) is 3.44. The van der Waals surface area contributed by atoms with Crippen molar-refractivity contribution in [1.82, 2.24) is 5.32 Å². The maximum absolute atomic E-state index is 6.03. The van der Waals surface area contributed by atoms with Crippen LogP contribution in [0.3, 0.4) is 0 Å². The number of rotatable bonds is 5. The number of ether oxygens (including phenoxy) is 1. The van der Waals surface area contributed by atoms with E-state index in [1.165, 1.54) is 5.56 Å². The molecule has 0 aliphatic carbocycles. The highest BCUT2D eigenvalue weighted by molar-refractivity contribution is 6.30. The lowest BCUT2D eigenvalue weighted by atomic mass is 9.80. The second-order valence-corrected chi connectivity index (χ2v) is 6.40. The van der Waals surface area contributed by atoms with Crippen LogP contribution in [-0.2, 0) is 4.74 Å². The van der Waals surface area contributed by atoms with Gasteiger partial charge in [0, 0.05) is 17.0 Å². The predicted octanol–water partition coefficient (Wildman–Crippen LogP) is 4.44. The quantitative estimate of drug-likeness (QED) is 0.867. The van der Waals surface area contributed by atoms with Crippen LogP contribution in [0.5, 0.6) is 0 Å². The molecule has 1 aliphatic rings. The number of hydrogen-bond donors (Lipinski definition) is 1. The van der Waals surface area contributed by atoms with Gasteiger partial charge in [0.15, 0.2) is 0 Å². The summed E-state index contributed by atoms with van der Waals surface area (Å²) >= 11 is 6.02. The van der Waals surface area contributed by atoms with E-state index >= 15 is 0 Å². The van der Waals surface area contributed by atoms with Crippen LogP contribution in [0.15, 0.2) is 24.3 Å². The SMILES string of the molecule is CCCNC(c1ccc(Cl)cc1)C1C(C)OC(C)C1C. The molecule has 0 radical (unpaired) electrons. The van der Waals surface area contributed by atoms with Gasteiger partial charge in [0.2, 0.25) is 0 Å². The Morgan fingerprint density at radius 1 is 1.15 bits per heavy atom. The minimum atomic E-state index is 0.282. The second-order valence-electron chi connectivity index (χ2n) is 5.97. The van der Waals surface area contributed by atoms with Gasteiger partial charge in [0.1, 0.15) is 0 Å². The maximum atomic E-state index is 6.03. The van der Waals surface area contributed by atoms with Crippen molar-refractivity contribution in [3.8, 4) is 0 Å². The van der Waals surface area contributed by atoms with Crippen LogP contribution in [-0.4, -0.2) is 18.8 Å². The molecule has 3 heteroatoms. The van der Waals surface area contributed by atoms with Crippen molar-refractivity contribution in [2.24, 2.45) is 11.8 Å². The summed E-state index contributed by atoms with van der Waals surface area (Å²) in [5.41, 5.74) is 1.31. The molecular formula is C17H26ClNO. The summed E-state index contributed by atoms with van der Waals surface area (Å²) in [7, 11) is 0. The van der Waals surface area contributed by atoms with E-state index in [1.807, 2.05) is 12.1 Å². The lowest BCUT2D eigenvalue weighted by molar-refractivity contribution is 0.0475. The highest BCUT2D eigenvalue weighted by atomic mass is 35.5. The Balaban J connectivity index is 2.25. The fraction of sp³-hybridized carbons (Fsp3) is 0.647. The number of halogens is 1. The molecule has 5 unspecified atom stereocenters. The van der Waals surface area contributed by atoms with Crippen LogP contribution < -0.4 is 5.32 Å². The van der Waals surface area contributed by atoms with Crippen molar-refractivity contribution in [2.45, 2.75) is 52.4 Å². The van der Waals surface area contributed by atoms with Gasteiger partial charge >= 0.3 is 0 Å². The summed E-state index contributed by atoms with van der Waals surface area (Å²) in [5, 5.41) is 4.50. The topological polar surface area (TPSA) is 21.3 Å². The third-order valence-corrected chi connectivity index (χ3v) is 4.80. The van der Waals surface area contributed by atoms with Gasteiger partial charge in [0.25, 0.3) is 0 Å². The van der Waals surface area contributed by atoms with Crippen molar-refractivity contribution in [3.63, 3.8) is 0 Å². The summed E-state index contributed by atoms with van der Waals surface area (Å²) in [6.07, 6.45) is 1.74. The molecule has 1 fully saturated rings. The smallest absolute Gasteiger partial charge is 0.0600 e. The molecule has 1 aromatic rings. The lowest BCUT2D eigenvalue weighted by Gasteiger charge is -2.30. The van der Waals surface area contributed by atoms with Gasteiger partial charge in [-0.25, -0.2) is 0 Å². The van der Waals surface area contributed by atoms with E-state index in [0.717, 1.165) is 18.0 Å². The van der Waals surface area contributed by atoms with E-state index in [4.69, 9.17) is 16.3 Å². The fourth-order valence-electron chi connectivity index (χ4n) is 3.31. The normalized spacial score (nSPS) is 31.4. The molecule has 2 rings (SSSR count). The molecule has 2 nitrogen and oxygen atoms in total. The largest absolute Gasteiger partial charge is 0.375 e. The molecule has 0 saturated carbocycles. The monoisotopic (exact) mass is 295 g/mol. The number of nitrogens with one attached hydrogen (secondary N) is 1. The van der Waals surface area contributed by atoms with Gasteiger partial charge in [-0.1, -0.05) is 37.6 Å². The Bertz CT molecular complexity index is 420. The highest BCUT2D eigenvalue weighted by Crippen LogP contribution is 2.40. The first-order chi connectivity index (χ1) is 9.54. The zero-order chi connectivity index (χ0) is 14.7. The Morgan fingerprint density at radius 2 is 1.80 bits per heavy atom. The minimum Gasteiger partial charge on any atom is -0.375 e. The zero-order valence-electron chi connectivity index (χ0n) is 12.9. The first kappa shape index (κ1) is 15.8. The van der Waals surface area contributed by atoms with Crippen LogP contribution >= 0.6 is 11.6 Å².